The Morgan fingerprint density at radius 2 is 2.07 bits per heavy atom. The first-order chi connectivity index (χ1) is 13.0. The zero-order valence-electron chi connectivity index (χ0n) is 14.8. The molecule has 0 saturated heterocycles. The smallest absolute Gasteiger partial charge is 0.252 e. The maximum atomic E-state index is 13.5. The molecule has 1 heterocycles. The van der Waals surface area contributed by atoms with Crippen molar-refractivity contribution in [3.05, 3.63) is 81.4 Å². The van der Waals surface area contributed by atoms with Gasteiger partial charge in [-0.15, -0.1) is 0 Å². The lowest BCUT2D eigenvalue weighted by Crippen LogP contribution is -2.15. The van der Waals surface area contributed by atoms with E-state index in [0.29, 0.717) is 52.5 Å². The molecule has 0 fully saturated rings. The van der Waals surface area contributed by atoms with Crippen molar-refractivity contribution in [1.82, 2.24) is 10.2 Å². The number of aromatic amines is 1. The minimum absolute atomic E-state index is 0.343. The summed E-state index contributed by atoms with van der Waals surface area (Å²) in [5.74, 6) is -0.307. The number of aromatic nitrogens is 2. The number of primary amides is 1. The summed E-state index contributed by atoms with van der Waals surface area (Å²) in [5, 5.41) is 7.77. The Morgan fingerprint density at radius 1 is 1.26 bits per heavy atom. The van der Waals surface area contributed by atoms with Gasteiger partial charge in [-0.1, -0.05) is 23.7 Å². The number of halogens is 2. The quantitative estimate of drug-likeness (QED) is 0.648. The fourth-order valence-corrected chi connectivity index (χ4v) is 3.28. The van der Waals surface area contributed by atoms with Crippen molar-refractivity contribution in [2.45, 2.75) is 19.3 Å². The fourth-order valence-electron chi connectivity index (χ4n) is 3.07. The highest BCUT2D eigenvalue weighted by Crippen LogP contribution is 2.23. The van der Waals surface area contributed by atoms with Crippen LogP contribution in [0.4, 0.5) is 4.39 Å². The Labute approximate surface area is 161 Å². The van der Waals surface area contributed by atoms with Gasteiger partial charge in [0.05, 0.1) is 24.1 Å². The van der Waals surface area contributed by atoms with Gasteiger partial charge in [0, 0.05) is 11.4 Å². The van der Waals surface area contributed by atoms with Crippen LogP contribution in [-0.4, -0.2) is 23.2 Å². The topological polar surface area (TPSA) is 81.0 Å². The number of amides is 1. The fraction of sp³-hybridized carbons (Fsp3) is 0.200. The first-order valence-electron chi connectivity index (χ1n) is 8.40. The summed E-state index contributed by atoms with van der Waals surface area (Å²) < 4.78 is 18.8. The number of aryl methyl sites for hydroxylation is 2. The summed E-state index contributed by atoms with van der Waals surface area (Å²) in [5.41, 5.74) is 8.76. The van der Waals surface area contributed by atoms with Crippen LogP contribution in [-0.2, 0) is 19.3 Å². The molecule has 2 aromatic carbocycles. The van der Waals surface area contributed by atoms with Crippen molar-refractivity contribution in [2.75, 3.05) is 7.11 Å². The van der Waals surface area contributed by atoms with Crippen molar-refractivity contribution in [2.24, 2.45) is 5.73 Å². The van der Waals surface area contributed by atoms with Crippen LogP contribution in [0.3, 0.4) is 0 Å². The van der Waals surface area contributed by atoms with Gasteiger partial charge < -0.3 is 10.5 Å². The number of hydrogen-bond acceptors (Lipinski definition) is 3. The molecular formula is C20H19ClFN3O2. The molecule has 0 spiro atoms. The van der Waals surface area contributed by atoms with E-state index in [4.69, 9.17) is 22.1 Å². The predicted molar refractivity (Wildman–Crippen MR) is 102 cm³/mol. The predicted octanol–water partition coefficient (Wildman–Crippen LogP) is 3.69. The molecule has 0 aliphatic rings. The molecule has 0 aliphatic carbocycles. The van der Waals surface area contributed by atoms with Crippen molar-refractivity contribution < 1.29 is 13.9 Å². The normalized spacial score (nSPS) is 10.8. The Kier molecular flexibility index (Phi) is 5.76. The SMILES string of the molecule is COc1ccc(F)cc1CCc1n[nH]c(Cc2cccc(Cl)c2)c1C(N)=O. The molecule has 0 atom stereocenters. The number of nitrogens with zero attached hydrogens (tertiary/aromatic N) is 1. The minimum atomic E-state index is -0.554. The molecule has 0 aliphatic heterocycles. The summed E-state index contributed by atoms with van der Waals surface area (Å²) in [6.45, 7) is 0. The van der Waals surface area contributed by atoms with Crippen molar-refractivity contribution in [3.63, 3.8) is 0 Å². The van der Waals surface area contributed by atoms with Crippen LogP contribution >= 0.6 is 11.6 Å². The standard InChI is InChI=1S/C20H19ClFN3O2/c1-27-18-8-6-15(22)11-13(18)5-7-16-19(20(23)26)17(25-24-16)10-12-3-2-4-14(21)9-12/h2-4,6,8-9,11H,5,7,10H2,1H3,(H2,23,26)(H,24,25). The lowest BCUT2D eigenvalue weighted by atomic mass is 10.0. The molecule has 0 unspecified atom stereocenters. The van der Waals surface area contributed by atoms with Gasteiger partial charge >= 0.3 is 0 Å². The van der Waals surface area contributed by atoms with Gasteiger partial charge in [0.1, 0.15) is 11.6 Å². The average Bonchev–Trinajstić information content (AvgIpc) is 3.03. The van der Waals surface area contributed by atoms with Gasteiger partial charge in [0.15, 0.2) is 0 Å². The van der Waals surface area contributed by atoms with Crippen molar-refractivity contribution in [1.29, 1.82) is 0 Å². The van der Waals surface area contributed by atoms with Crippen LogP contribution < -0.4 is 10.5 Å². The maximum Gasteiger partial charge on any atom is 0.252 e. The number of methoxy groups -OCH3 is 1. The molecule has 3 rings (SSSR count). The highest BCUT2D eigenvalue weighted by molar-refractivity contribution is 6.30. The lowest BCUT2D eigenvalue weighted by molar-refractivity contribution is 0.0998. The first-order valence-corrected chi connectivity index (χ1v) is 8.78. The number of nitrogens with two attached hydrogens (primary N) is 1. The van der Waals surface area contributed by atoms with Gasteiger partial charge in [-0.2, -0.15) is 5.10 Å². The third-order valence-electron chi connectivity index (χ3n) is 4.31. The van der Waals surface area contributed by atoms with Crippen molar-refractivity contribution >= 4 is 17.5 Å². The number of nitrogens with one attached hydrogen (secondary N) is 1. The molecule has 1 amide bonds. The molecule has 1 aromatic heterocycles. The average molecular weight is 388 g/mol. The summed E-state index contributed by atoms with van der Waals surface area (Å²) in [4.78, 5) is 12.0. The third kappa shape index (κ3) is 4.46. The lowest BCUT2D eigenvalue weighted by Gasteiger charge is -2.08. The number of ether oxygens (including phenoxy) is 1. The zero-order chi connectivity index (χ0) is 19.4. The minimum Gasteiger partial charge on any atom is -0.496 e. The van der Waals surface area contributed by atoms with E-state index in [2.05, 4.69) is 10.2 Å². The number of hydrogen-bond donors (Lipinski definition) is 2. The molecular weight excluding hydrogens is 369 g/mol. The summed E-state index contributed by atoms with van der Waals surface area (Å²) in [6, 6.07) is 11.7. The van der Waals surface area contributed by atoms with Gasteiger partial charge in [-0.05, 0) is 54.3 Å². The molecule has 3 aromatic rings. The number of carbonyl (C=O) groups excluding carboxylic acids is 1. The van der Waals surface area contributed by atoms with Crippen LogP contribution in [0.5, 0.6) is 5.75 Å². The maximum absolute atomic E-state index is 13.5. The van der Waals surface area contributed by atoms with E-state index in [-0.39, 0.29) is 5.82 Å². The summed E-state index contributed by atoms with van der Waals surface area (Å²) in [7, 11) is 1.53. The third-order valence-corrected chi connectivity index (χ3v) is 4.54. The largest absolute Gasteiger partial charge is 0.496 e. The van der Waals surface area contributed by atoms with Crippen LogP contribution in [0.25, 0.3) is 0 Å². The monoisotopic (exact) mass is 387 g/mol. The van der Waals surface area contributed by atoms with E-state index >= 15 is 0 Å². The van der Waals surface area contributed by atoms with E-state index in [1.54, 1.807) is 12.1 Å². The van der Waals surface area contributed by atoms with E-state index in [9.17, 15) is 9.18 Å². The number of H-pyrrole nitrogens is 1. The van der Waals surface area contributed by atoms with E-state index in [1.165, 1.54) is 19.2 Å². The van der Waals surface area contributed by atoms with Gasteiger partial charge in [0.2, 0.25) is 0 Å². The zero-order valence-corrected chi connectivity index (χ0v) is 15.5. The van der Waals surface area contributed by atoms with Gasteiger partial charge in [-0.3, -0.25) is 9.89 Å². The summed E-state index contributed by atoms with van der Waals surface area (Å²) >= 11 is 6.02. The van der Waals surface area contributed by atoms with Crippen molar-refractivity contribution in [3.8, 4) is 5.75 Å². The van der Waals surface area contributed by atoms with Crippen LogP contribution in [0, 0.1) is 5.82 Å². The Balaban J connectivity index is 1.83. The Morgan fingerprint density at radius 3 is 2.78 bits per heavy atom. The Bertz CT molecular complexity index is 972. The number of carbonyl (C=O) groups is 1. The van der Waals surface area contributed by atoms with E-state index < -0.39 is 5.91 Å². The first kappa shape index (κ1) is 18.9. The van der Waals surface area contributed by atoms with Crippen LogP contribution in [0.1, 0.15) is 32.9 Å². The molecule has 5 nitrogen and oxygen atoms in total. The molecule has 27 heavy (non-hydrogen) atoms. The molecule has 0 bridgehead atoms. The number of benzene rings is 2. The molecule has 140 valence electrons. The second kappa shape index (κ2) is 8.22. The Hall–Kier alpha value is -2.86. The van der Waals surface area contributed by atoms with Crippen LogP contribution in [0.2, 0.25) is 5.02 Å². The van der Waals surface area contributed by atoms with E-state index in [1.807, 2.05) is 18.2 Å². The van der Waals surface area contributed by atoms with Gasteiger partial charge in [-0.25, -0.2) is 4.39 Å². The molecule has 0 saturated carbocycles. The molecule has 3 N–H and O–H groups in total. The highest BCUT2D eigenvalue weighted by Gasteiger charge is 2.19. The van der Waals surface area contributed by atoms with E-state index in [0.717, 1.165) is 5.56 Å². The number of rotatable bonds is 7. The second-order valence-corrected chi connectivity index (χ2v) is 6.59. The highest BCUT2D eigenvalue weighted by atomic mass is 35.5. The molecule has 7 heteroatoms. The summed E-state index contributed by atoms with van der Waals surface area (Å²) in [6.07, 6.45) is 1.34. The van der Waals surface area contributed by atoms with Gasteiger partial charge in [0.25, 0.3) is 5.91 Å². The molecule has 0 radical (unpaired) electrons. The second-order valence-electron chi connectivity index (χ2n) is 6.15. The van der Waals surface area contributed by atoms with Crippen LogP contribution in [0.15, 0.2) is 42.5 Å².